The molecule has 2 fully saturated rings. The van der Waals surface area contributed by atoms with Crippen LogP contribution in [0.4, 0.5) is 0 Å². The minimum Gasteiger partial charge on any atom is -0.378 e. The van der Waals surface area contributed by atoms with Gasteiger partial charge >= 0.3 is 0 Å². The summed E-state index contributed by atoms with van der Waals surface area (Å²) < 4.78 is 5.92. The average molecular weight is 268 g/mol. The van der Waals surface area contributed by atoms with Gasteiger partial charge in [-0.25, -0.2) is 0 Å². The van der Waals surface area contributed by atoms with Crippen LogP contribution < -0.4 is 5.73 Å². The van der Waals surface area contributed by atoms with Crippen molar-refractivity contribution < 1.29 is 9.53 Å². The van der Waals surface area contributed by atoms with E-state index in [0.29, 0.717) is 12.1 Å². The molecule has 4 nitrogen and oxygen atoms in total. The van der Waals surface area contributed by atoms with Gasteiger partial charge in [0, 0.05) is 25.1 Å². The Hall–Kier alpha value is -0.610. The molecule has 2 N–H and O–H groups in total. The van der Waals surface area contributed by atoms with Crippen molar-refractivity contribution >= 4 is 5.91 Å². The van der Waals surface area contributed by atoms with E-state index < -0.39 is 6.04 Å². The van der Waals surface area contributed by atoms with E-state index in [-0.39, 0.29) is 11.3 Å². The first-order valence-corrected chi connectivity index (χ1v) is 7.66. The number of nitrogens with two attached hydrogens (primary N) is 1. The monoisotopic (exact) mass is 268 g/mol. The SMILES string of the molecule is CCOC1CC(N(C)C(=O)[C@H](C)N)C12CCCCC2. The van der Waals surface area contributed by atoms with E-state index in [0.717, 1.165) is 13.0 Å². The fourth-order valence-electron chi connectivity index (χ4n) is 4.05. The third-order valence-corrected chi connectivity index (χ3v) is 5.10. The van der Waals surface area contributed by atoms with Crippen molar-refractivity contribution in [3.05, 3.63) is 0 Å². The largest absolute Gasteiger partial charge is 0.378 e. The second-order valence-corrected chi connectivity index (χ2v) is 6.23. The van der Waals surface area contributed by atoms with Crippen molar-refractivity contribution in [1.29, 1.82) is 0 Å². The molecule has 4 heteroatoms. The smallest absolute Gasteiger partial charge is 0.239 e. The van der Waals surface area contributed by atoms with Gasteiger partial charge in [0.2, 0.25) is 5.91 Å². The van der Waals surface area contributed by atoms with Crippen LogP contribution in [-0.2, 0) is 9.53 Å². The van der Waals surface area contributed by atoms with Gasteiger partial charge in [0.1, 0.15) is 0 Å². The standard InChI is InChI=1S/C15H28N2O2/c1-4-19-13-10-12(17(3)14(18)11(2)16)15(13)8-6-5-7-9-15/h11-13H,4-10,16H2,1-3H3/t11-,12?,13?/m0/s1. The molecule has 2 aliphatic carbocycles. The highest BCUT2D eigenvalue weighted by molar-refractivity contribution is 5.81. The number of nitrogens with zero attached hydrogens (tertiary/aromatic N) is 1. The highest BCUT2D eigenvalue weighted by Crippen LogP contribution is 2.55. The summed E-state index contributed by atoms with van der Waals surface area (Å²) in [7, 11) is 1.91. The van der Waals surface area contributed by atoms with Crippen molar-refractivity contribution in [3.8, 4) is 0 Å². The quantitative estimate of drug-likeness (QED) is 0.847. The lowest BCUT2D eigenvalue weighted by molar-refractivity contribution is -0.185. The zero-order valence-electron chi connectivity index (χ0n) is 12.5. The molecule has 0 aromatic heterocycles. The lowest BCUT2D eigenvalue weighted by Gasteiger charge is -2.60. The Morgan fingerprint density at radius 1 is 1.42 bits per heavy atom. The maximum atomic E-state index is 12.1. The number of carbonyl (C=O) groups is 1. The molecule has 1 spiro atoms. The zero-order chi connectivity index (χ0) is 14.0. The van der Waals surface area contributed by atoms with Crippen LogP contribution in [0.3, 0.4) is 0 Å². The summed E-state index contributed by atoms with van der Waals surface area (Å²) in [4.78, 5) is 14.0. The molecular formula is C15H28N2O2. The molecule has 2 saturated carbocycles. The lowest BCUT2D eigenvalue weighted by atomic mass is 9.54. The summed E-state index contributed by atoms with van der Waals surface area (Å²) in [5.74, 6) is 0.0601. The Bertz CT molecular complexity index is 324. The first-order chi connectivity index (χ1) is 9.03. The third kappa shape index (κ3) is 2.52. The normalized spacial score (nSPS) is 30.7. The number of rotatable bonds is 4. The molecule has 19 heavy (non-hydrogen) atoms. The van der Waals surface area contributed by atoms with E-state index in [9.17, 15) is 4.79 Å². The van der Waals surface area contributed by atoms with Gasteiger partial charge in [-0.15, -0.1) is 0 Å². The van der Waals surface area contributed by atoms with Crippen molar-refractivity contribution in [1.82, 2.24) is 4.90 Å². The van der Waals surface area contributed by atoms with E-state index in [1.165, 1.54) is 32.1 Å². The summed E-state index contributed by atoms with van der Waals surface area (Å²) in [5.41, 5.74) is 5.94. The van der Waals surface area contributed by atoms with Crippen LogP contribution in [0.1, 0.15) is 52.4 Å². The van der Waals surface area contributed by atoms with Crippen LogP contribution in [0.25, 0.3) is 0 Å². The summed E-state index contributed by atoms with van der Waals surface area (Å²) >= 11 is 0. The number of carbonyl (C=O) groups excluding carboxylic acids is 1. The molecule has 110 valence electrons. The molecule has 0 heterocycles. The first-order valence-electron chi connectivity index (χ1n) is 7.66. The van der Waals surface area contributed by atoms with E-state index in [2.05, 4.69) is 6.92 Å². The highest BCUT2D eigenvalue weighted by atomic mass is 16.5. The lowest BCUT2D eigenvalue weighted by Crippen LogP contribution is -2.66. The second-order valence-electron chi connectivity index (χ2n) is 6.23. The predicted octanol–water partition coefficient (Wildman–Crippen LogP) is 1.92. The van der Waals surface area contributed by atoms with Gasteiger partial charge in [0.25, 0.3) is 0 Å². The van der Waals surface area contributed by atoms with Crippen LogP contribution in [-0.4, -0.2) is 42.6 Å². The fourth-order valence-corrected chi connectivity index (χ4v) is 4.05. The Morgan fingerprint density at radius 2 is 2.05 bits per heavy atom. The highest BCUT2D eigenvalue weighted by Gasteiger charge is 2.57. The molecule has 0 radical (unpaired) electrons. The van der Waals surface area contributed by atoms with Gasteiger partial charge in [-0.1, -0.05) is 19.3 Å². The third-order valence-electron chi connectivity index (χ3n) is 5.10. The maximum Gasteiger partial charge on any atom is 0.239 e. The van der Waals surface area contributed by atoms with Crippen LogP contribution in [0.15, 0.2) is 0 Å². The molecule has 2 aliphatic rings. The number of likely N-dealkylation sites (N-methyl/N-ethyl adjacent to an activating group) is 1. The Kier molecular flexibility index (Phi) is 4.51. The number of ether oxygens (including phenoxy) is 1. The molecule has 1 amide bonds. The summed E-state index contributed by atoms with van der Waals surface area (Å²) in [6.07, 6.45) is 7.55. The van der Waals surface area contributed by atoms with Crippen molar-refractivity contribution in [2.24, 2.45) is 11.1 Å². The number of hydrogen-bond donors (Lipinski definition) is 1. The maximum absolute atomic E-state index is 12.1. The van der Waals surface area contributed by atoms with Crippen LogP contribution in [0.5, 0.6) is 0 Å². The van der Waals surface area contributed by atoms with Gasteiger partial charge in [0.05, 0.1) is 12.1 Å². The molecule has 3 atom stereocenters. The van der Waals surface area contributed by atoms with Crippen molar-refractivity contribution in [3.63, 3.8) is 0 Å². The molecular weight excluding hydrogens is 240 g/mol. The predicted molar refractivity (Wildman–Crippen MR) is 75.8 cm³/mol. The van der Waals surface area contributed by atoms with Gasteiger partial charge in [-0.3, -0.25) is 4.79 Å². The van der Waals surface area contributed by atoms with Gasteiger partial charge < -0.3 is 15.4 Å². The molecule has 0 bridgehead atoms. The van der Waals surface area contributed by atoms with Crippen LogP contribution >= 0.6 is 0 Å². The summed E-state index contributed by atoms with van der Waals surface area (Å²) in [6, 6.07) is -0.0837. The zero-order valence-corrected chi connectivity index (χ0v) is 12.5. The molecule has 0 aliphatic heterocycles. The van der Waals surface area contributed by atoms with Gasteiger partial charge in [-0.05, 0) is 33.1 Å². The Labute approximate surface area is 116 Å². The van der Waals surface area contributed by atoms with Crippen LogP contribution in [0, 0.1) is 5.41 Å². The van der Waals surface area contributed by atoms with E-state index in [4.69, 9.17) is 10.5 Å². The summed E-state index contributed by atoms with van der Waals surface area (Å²) in [6.45, 7) is 4.59. The molecule has 2 rings (SSSR count). The minimum atomic E-state index is -0.406. The Morgan fingerprint density at radius 3 is 2.58 bits per heavy atom. The molecule has 0 aromatic rings. The van der Waals surface area contributed by atoms with E-state index in [1.807, 2.05) is 11.9 Å². The van der Waals surface area contributed by atoms with Crippen LogP contribution in [0.2, 0.25) is 0 Å². The number of amides is 1. The minimum absolute atomic E-state index is 0.0601. The fraction of sp³-hybridized carbons (Fsp3) is 0.933. The molecule has 0 aromatic carbocycles. The van der Waals surface area contributed by atoms with E-state index in [1.54, 1.807) is 6.92 Å². The molecule has 0 saturated heterocycles. The van der Waals surface area contributed by atoms with Crippen molar-refractivity contribution in [2.45, 2.75) is 70.6 Å². The average Bonchev–Trinajstić information content (AvgIpc) is 2.42. The van der Waals surface area contributed by atoms with Gasteiger partial charge in [-0.2, -0.15) is 0 Å². The first kappa shape index (κ1) is 14.8. The summed E-state index contributed by atoms with van der Waals surface area (Å²) in [5, 5.41) is 0. The van der Waals surface area contributed by atoms with Crippen molar-refractivity contribution in [2.75, 3.05) is 13.7 Å². The second kappa shape index (κ2) is 5.80. The topological polar surface area (TPSA) is 55.6 Å². The molecule has 2 unspecified atom stereocenters. The van der Waals surface area contributed by atoms with E-state index >= 15 is 0 Å². The Balaban J connectivity index is 2.10. The van der Waals surface area contributed by atoms with Gasteiger partial charge in [0.15, 0.2) is 0 Å². The number of hydrogen-bond acceptors (Lipinski definition) is 3.